The number of nitrogens with zero attached hydrogens (tertiary/aromatic N) is 4. The van der Waals surface area contributed by atoms with E-state index in [2.05, 4.69) is 15.3 Å². The standard InChI is InChI=1S/C18H17N5O4/c1-18(2,3)27-17(25)22-15-14-8-20-9-23(14)13-6-11(16(24)26-4)10(7-19)5-12(13)21-15/h5-6,8-9H,1-4H3,(H,21,22,25). The molecule has 0 atom stereocenters. The first-order chi connectivity index (χ1) is 12.7. The third-order valence-electron chi connectivity index (χ3n) is 3.63. The summed E-state index contributed by atoms with van der Waals surface area (Å²) in [5, 5.41) is 11.9. The van der Waals surface area contributed by atoms with Crippen LogP contribution in [-0.2, 0) is 9.47 Å². The van der Waals surface area contributed by atoms with E-state index in [4.69, 9.17) is 9.47 Å². The van der Waals surface area contributed by atoms with Crippen LogP contribution in [0.2, 0.25) is 0 Å². The van der Waals surface area contributed by atoms with Gasteiger partial charge in [0.2, 0.25) is 0 Å². The predicted octanol–water partition coefficient (Wildman–Crippen LogP) is 2.89. The van der Waals surface area contributed by atoms with Crippen molar-refractivity contribution in [3.63, 3.8) is 0 Å². The molecule has 3 aromatic rings. The van der Waals surface area contributed by atoms with Crippen LogP contribution in [-0.4, -0.2) is 39.1 Å². The summed E-state index contributed by atoms with van der Waals surface area (Å²) in [6, 6.07) is 4.93. The number of carbonyl (C=O) groups excluding carboxylic acids is 2. The molecule has 0 saturated heterocycles. The van der Waals surface area contributed by atoms with Crippen molar-refractivity contribution in [3.8, 4) is 6.07 Å². The molecule has 0 aliphatic carbocycles. The normalized spacial score (nSPS) is 11.2. The third-order valence-corrected chi connectivity index (χ3v) is 3.63. The van der Waals surface area contributed by atoms with Crippen molar-refractivity contribution in [2.24, 2.45) is 0 Å². The monoisotopic (exact) mass is 367 g/mol. The number of methoxy groups -OCH3 is 1. The van der Waals surface area contributed by atoms with Crippen LogP contribution in [0.1, 0.15) is 36.7 Å². The summed E-state index contributed by atoms with van der Waals surface area (Å²) in [5.74, 6) is -0.401. The average molecular weight is 367 g/mol. The van der Waals surface area contributed by atoms with Crippen LogP contribution < -0.4 is 5.32 Å². The number of benzene rings is 1. The molecule has 0 saturated carbocycles. The van der Waals surface area contributed by atoms with E-state index < -0.39 is 17.7 Å². The zero-order chi connectivity index (χ0) is 19.8. The lowest BCUT2D eigenvalue weighted by Crippen LogP contribution is -2.27. The van der Waals surface area contributed by atoms with E-state index in [9.17, 15) is 14.9 Å². The molecule has 3 rings (SSSR count). The fourth-order valence-corrected chi connectivity index (χ4v) is 2.56. The maximum atomic E-state index is 12.1. The number of imidazole rings is 1. The minimum Gasteiger partial charge on any atom is -0.465 e. The van der Waals surface area contributed by atoms with E-state index in [0.29, 0.717) is 16.6 Å². The average Bonchev–Trinajstić information content (AvgIpc) is 3.08. The van der Waals surface area contributed by atoms with Gasteiger partial charge in [-0.1, -0.05) is 0 Å². The Hall–Kier alpha value is -3.67. The summed E-state index contributed by atoms with van der Waals surface area (Å²) >= 11 is 0. The van der Waals surface area contributed by atoms with Crippen LogP contribution in [0.3, 0.4) is 0 Å². The lowest BCUT2D eigenvalue weighted by Gasteiger charge is -2.19. The van der Waals surface area contributed by atoms with Crippen LogP contribution in [0.15, 0.2) is 24.7 Å². The molecule has 0 bridgehead atoms. The molecular formula is C18H17N5O4. The molecule has 0 radical (unpaired) electrons. The Morgan fingerprint density at radius 1 is 1.26 bits per heavy atom. The number of hydrogen-bond donors (Lipinski definition) is 1. The molecule has 2 aromatic heterocycles. The Morgan fingerprint density at radius 3 is 2.63 bits per heavy atom. The van der Waals surface area contributed by atoms with E-state index in [0.717, 1.165) is 0 Å². The van der Waals surface area contributed by atoms with Crippen LogP contribution in [0.5, 0.6) is 0 Å². The Morgan fingerprint density at radius 2 is 2.00 bits per heavy atom. The van der Waals surface area contributed by atoms with Gasteiger partial charge < -0.3 is 9.47 Å². The van der Waals surface area contributed by atoms with Gasteiger partial charge in [-0.15, -0.1) is 0 Å². The largest absolute Gasteiger partial charge is 0.465 e. The summed E-state index contributed by atoms with van der Waals surface area (Å²) in [7, 11) is 1.24. The van der Waals surface area contributed by atoms with E-state index in [1.165, 1.54) is 31.8 Å². The van der Waals surface area contributed by atoms with Crippen LogP contribution in [0.4, 0.5) is 10.6 Å². The number of carbonyl (C=O) groups is 2. The molecule has 1 amide bonds. The third kappa shape index (κ3) is 3.50. The molecule has 9 heteroatoms. The fraction of sp³-hybridized carbons (Fsp3) is 0.278. The van der Waals surface area contributed by atoms with E-state index >= 15 is 0 Å². The van der Waals surface area contributed by atoms with Gasteiger partial charge in [-0.2, -0.15) is 5.26 Å². The summed E-state index contributed by atoms with van der Waals surface area (Å²) in [4.78, 5) is 32.6. The Kier molecular flexibility index (Phi) is 4.41. The Balaban J connectivity index is 2.17. The minimum absolute atomic E-state index is 0.115. The van der Waals surface area contributed by atoms with Crippen molar-refractivity contribution in [1.29, 1.82) is 5.26 Å². The molecule has 1 N–H and O–H groups in total. The second-order valence-electron chi connectivity index (χ2n) is 6.73. The number of ether oxygens (including phenoxy) is 2. The van der Waals surface area contributed by atoms with Gasteiger partial charge in [-0.25, -0.2) is 19.6 Å². The van der Waals surface area contributed by atoms with Gasteiger partial charge in [-0.3, -0.25) is 9.72 Å². The van der Waals surface area contributed by atoms with Gasteiger partial charge in [-0.05, 0) is 32.9 Å². The lowest BCUT2D eigenvalue weighted by molar-refractivity contribution is 0.0598. The predicted molar refractivity (Wildman–Crippen MR) is 96.4 cm³/mol. The van der Waals surface area contributed by atoms with Crippen molar-refractivity contribution in [1.82, 2.24) is 14.4 Å². The number of nitriles is 1. The van der Waals surface area contributed by atoms with Crippen LogP contribution >= 0.6 is 0 Å². The molecule has 0 spiro atoms. The van der Waals surface area contributed by atoms with E-state index in [1.807, 2.05) is 6.07 Å². The number of anilines is 1. The topological polar surface area (TPSA) is 119 Å². The van der Waals surface area contributed by atoms with Crippen molar-refractivity contribution >= 4 is 34.4 Å². The smallest absolute Gasteiger partial charge is 0.413 e. The first-order valence-electron chi connectivity index (χ1n) is 8.01. The summed E-state index contributed by atoms with van der Waals surface area (Å²) in [6.07, 6.45) is 2.38. The van der Waals surface area contributed by atoms with E-state index in [1.54, 1.807) is 25.2 Å². The molecule has 0 fully saturated rings. The number of esters is 1. The molecule has 0 aliphatic heterocycles. The number of nitrogens with one attached hydrogen (secondary N) is 1. The molecular weight excluding hydrogens is 350 g/mol. The molecule has 9 nitrogen and oxygen atoms in total. The maximum Gasteiger partial charge on any atom is 0.413 e. The number of fused-ring (bicyclic) bond motifs is 3. The summed E-state index contributed by atoms with van der Waals surface area (Å²) in [6.45, 7) is 5.26. The molecule has 1 aromatic carbocycles. The number of rotatable bonds is 2. The van der Waals surface area contributed by atoms with Crippen molar-refractivity contribution in [2.45, 2.75) is 26.4 Å². The van der Waals surface area contributed by atoms with Gasteiger partial charge in [0.05, 0.1) is 41.8 Å². The first kappa shape index (κ1) is 18.1. The van der Waals surface area contributed by atoms with Crippen LogP contribution in [0.25, 0.3) is 16.6 Å². The van der Waals surface area contributed by atoms with Gasteiger partial charge >= 0.3 is 12.1 Å². The SMILES string of the molecule is COC(=O)c1cc2c(cc1C#N)nc(NC(=O)OC(C)(C)C)c1cncn12. The Labute approximate surface area is 154 Å². The van der Waals surface area contributed by atoms with Crippen molar-refractivity contribution in [2.75, 3.05) is 12.4 Å². The number of aromatic nitrogens is 3. The highest BCUT2D eigenvalue weighted by molar-refractivity contribution is 5.99. The quantitative estimate of drug-likeness (QED) is 0.692. The van der Waals surface area contributed by atoms with Crippen molar-refractivity contribution in [3.05, 3.63) is 35.8 Å². The maximum absolute atomic E-state index is 12.1. The molecule has 0 aliphatic rings. The van der Waals surface area contributed by atoms with Gasteiger partial charge in [0.15, 0.2) is 5.82 Å². The zero-order valence-electron chi connectivity index (χ0n) is 15.2. The second-order valence-corrected chi connectivity index (χ2v) is 6.73. The van der Waals surface area contributed by atoms with Gasteiger partial charge in [0, 0.05) is 0 Å². The van der Waals surface area contributed by atoms with Crippen molar-refractivity contribution < 1.29 is 19.1 Å². The molecule has 138 valence electrons. The molecule has 2 heterocycles. The second kappa shape index (κ2) is 6.57. The fourth-order valence-electron chi connectivity index (χ4n) is 2.56. The minimum atomic E-state index is -0.666. The zero-order valence-corrected chi connectivity index (χ0v) is 15.2. The van der Waals surface area contributed by atoms with E-state index in [-0.39, 0.29) is 16.9 Å². The number of hydrogen-bond acceptors (Lipinski definition) is 7. The Bertz CT molecular complexity index is 1100. The summed E-state index contributed by atoms with van der Waals surface area (Å²) < 4.78 is 11.6. The van der Waals surface area contributed by atoms with Gasteiger partial charge in [0.1, 0.15) is 17.2 Å². The highest BCUT2D eigenvalue weighted by Gasteiger charge is 2.20. The highest BCUT2D eigenvalue weighted by atomic mass is 16.6. The first-order valence-corrected chi connectivity index (χ1v) is 8.01. The highest BCUT2D eigenvalue weighted by Crippen LogP contribution is 2.25. The van der Waals surface area contributed by atoms with Crippen LogP contribution in [0, 0.1) is 11.3 Å². The summed E-state index contributed by atoms with van der Waals surface area (Å²) in [5.41, 5.74) is 1.02. The molecule has 0 unspecified atom stereocenters. The van der Waals surface area contributed by atoms with Gasteiger partial charge in [0.25, 0.3) is 0 Å². The molecule has 27 heavy (non-hydrogen) atoms. The lowest BCUT2D eigenvalue weighted by atomic mass is 10.1. The number of amides is 1.